The van der Waals surface area contributed by atoms with E-state index in [1.807, 2.05) is 0 Å². The molecule has 0 amide bonds. The molecule has 4 heteroatoms. The van der Waals surface area contributed by atoms with E-state index in [-0.39, 0.29) is 5.92 Å². The normalized spacial score (nSPS) is 20.8. The van der Waals surface area contributed by atoms with E-state index in [1.165, 1.54) is 28.0 Å². The number of fused-ring (bicyclic) bond motifs is 7. The largest absolute Gasteiger partial charge is 0.461 e. The Labute approximate surface area is 304 Å². The van der Waals surface area contributed by atoms with E-state index < -0.39 is 5.41 Å². The van der Waals surface area contributed by atoms with Crippen LogP contribution in [0.4, 0.5) is 5.69 Å². The Hall–Kier alpha value is -6.26. The van der Waals surface area contributed by atoms with Crippen LogP contribution >= 0.6 is 0 Å². The maximum atomic E-state index is 6.95. The van der Waals surface area contributed by atoms with Crippen molar-refractivity contribution in [3.63, 3.8) is 0 Å². The number of ether oxygens (including phenoxy) is 2. The van der Waals surface area contributed by atoms with Gasteiger partial charge < -0.3 is 20.1 Å². The van der Waals surface area contributed by atoms with Crippen LogP contribution in [-0.4, -0.2) is 6.54 Å². The van der Waals surface area contributed by atoms with Gasteiger partial charge >= 0.3 is 0 Å². The molecule has 3 heterocycles. The van der Waals surface area contributed by atoms with Gasteiger partial charge in [-0.05, 0) is 60.4 Å². The first-order chi connectivity index (χ1) is 25.8. The SMILES string of the molecule is C1=CCNC(c2ccc3c(c2)OC2=C(C=CCC2)C32c3ccccc3Oc3cc(C4CC=CC(c5ccccc5)=C4Nc4ccccc4)ccc32)=C1. The first kappa shape index (κ1) is 30.6. The summed E-state index contributed by atoms with van der Waals surface area (Å²) in [5.41, 5.74) is 12.1. The molecule has 2 aliphatic carbocycles. The van der Waals surface area contributed by atoms with Crippen LogP contribution in [0.5, 0.6) is 17.2 Å². The fourth-order valence-electron chi connectivity index (χ4n) is 8.68. The maximum absolute atomic E-state index is 6.95. The molecule has 1 spiro atoms. The molecule has 2 unspecified atom stereocenters. The van der Waals surface area contributed by atoms with Crippen LogP contribution in [0.15, 0.2) is 181 Å². The van der Waals surface area contributed by atoms with E-state index in [0.717, 1.165) is 82.5 Å². The van der Waals surface area contributed by atoms with Gasteiger partial charge in [-0.15, -0.1) is 0 Å². The van der Waals surface area contributed by atoms with E-state index in [1.54, 1.807) is 0 Å². The summed E-state index contributed by atoms with van der Waals surface area (Å²) in [6.07, 6.45) is 18.2. The molecule has 10 rings (SSSR count). The summed E-state index contributed by atoms with van der Waals surface area (Å²) in [5, 5.41) is 7.39. The van der Waals surface area contributed by atoms with Crippen molar-refractivity contribution < 1.29 is 9.47 Å². The standard InChI is InChI=1S/C48H38N2O2/c1-3-14-32(15-4-1)36-18-13-19-37(47(36)50-35-16-5-2-6-17-35)33-25-27-40-45(30-33)51-43-23-9-7-20-38(43)48(40)39-21-8-10-24-44(39)52-46-31-34(26-28-41(46)48)42-22-11-12-29-49-42/h1-9,11-18,20-23,25-28,30-31,37,49-50H,10,19,24,29H2. The summed E-state index contributed by atoms with van der Waals surface area (Å²) in [7, 11) is 0. The average molecular weight is 675 g/mol. The van der Waals surface area contributed by atoms with Crippen LogP contribution < -0.4 is 20.1 Å². The minimum Gasteiger partial charge on any atom is -0.461 e. The highest BCUT2D eigenvalue weighted by Gasteiger charge is 2.51. The predicted octanol–water partition coefficient (Wildman–Crippen LogP) is 11.2. The summed E-state index contributed by atoms with van der Waals surface area (Å²) in [6.45, 7) is 0.815. The maximum Gasteiger partial charge on any atom is 0.132 e. The van der Waals surface area contributed by atoms with Crippen LogP contribution in [0.25, 0.3) is 11.3 Å². The number of dihydropyridines is 1. The Kier molecular flexibility index (Phi) is 7.35. The molecule has 0 saturated heterocycles. The van der Waals surface area contributed by atoms with Crippen molar-refractivity contribution >= 4 is 17.0 Å². The first-order valence-electron chi connectivity index (χ1n) is 18.3. The molecule has 52 heavy (non-hydrogen) atoms. The number of anilines is 1. The molecule has 5 aromatic carbocycles. The third kappa shape index (κ3) is 4.90. The highest BCUT2D eigenvalue weighted by Crippen LogP contribution is 2.61. The third-order valence-electron chi connectivity index (χ3n) is 11.0. The third-order valence-corrected chi connectivity index (χ3v) is 11.0. The summed E-state index contributed by atoms with van der Waals surface area (Å²) < 4.78 is 13.8. The topological polar surface area (TPSA) is 42.5 Å². The van der Waals surface area contributed by atoms with Gasteiger partial charge in [0.25, 0.3) is 0 Å². The molecule has 5 aliphatic rings. The quantitative estimate of drug-likeness (QED) is 0.195. The average Bonchev–Trinajstić information content (AvgIpc) is 3.21. The molecule has 252 valence electrons. The van der Waals surface area contributed by atoms with Gasteiger partial charge in [0.2, 0.25) is 0 Å². The lowest BCUT2D eigenvalue weighted by Gasteiger charge is -2.46. The lowest BCUT2D eigenvalue weighted by atomic mass is 9.60. The van der Waals surface area contributed by atoms with E-state index >= 15 is 0 Å². The Bertz CT molecular complexity index is 2410. The summed E-state index contributed by atoms with van der Waals surface area (Å²) in [4.78, 5) is 0. The van der Waals surface area contributed by atoms with Crippen molar-refractivity contribution in [2.75, 3.05) is 11.9 Å². The second-order valence-electron chi connectivity index (χ2n) is 14.0. The molecular weight excluding hydrogens is 637 g/mol. The van der Waals surface area contributed by atoms with Crippen molar-refractivity contribution in [2.45, 2.75) is 30.6 Å². The van der Waals surface area contributed by atoms with E-state index in [2.05, 4.69) is 174 Å². The van der Waals surface area contributed by atoms with Crippen molar-refractivity contribution in [2.24, 2.45) is 0 Å². The molecule has 4 nitrogen and oxygen atoms in total. The van der Waals surface area contributed by atoms with Gasteiger partial charge in [0, 0.05) is 69.4 Å². The van der Waals surface area contributed by atoms with Gasteiger partial charge in [-0.1, -0.05) is 127 Å². The van der Waals surface area contributed by atoms with Gasteiger partial charge in [0.1, 0.15) is 23.0 Å². The Balaban J connectivity index is 1.16. The molecule has 0 aromatic heterocycles. The fraction of sp³-hybridized carbons (Fsp3) is 0.125. The lowest BCUT2D eigenvalue weighted by molar-refractivity contribution is 0.350. The molecule has 0 saturated carbocycles. The molecule has 3 aliphatic heterocycles. The lowest BCUT2D eigenvalue weighted by Crippen LogP contribution is -2.39. The van der Waals surface area contributed by atoms with Crippen LogP contribution in [0.1, 0.15) is 58.6 Å². The fourth-order valence-corrected chi connectivity index (χ4v) is 8.68. The highest BCUT2D eigenvalue weighted by atomic mass is 16.5. The van der Waals surface area contributed by atoms with Gasteiger partial charge in [-0.25, -0.2) is 0 Å². The zero-order chi connectivity index (χ0) is 34.5. The second kappa shape index (κ2) is 12.5. The van der Waals surface area contributed by atoms with Crippen molar-refractivity contribution in [3.05, 3.63) is 214 Å². The molecular formula is C48H38N2O2. The highest BCUT2D eigenvalue weighted by molar-refractivity contribution is 5.82. The van der Waals surface area contributed by atoms with Crippen molar-refractivity contribution in [3.8, 4) is 17.2 Å². The van der Waals surface area contributed by atoms with Crippen molar-refractivity contribution in [1.29, 1.82) is 0 Å². The predicted molar refractivity (Wildman–Crippen MR) is 210 cm³/mol. The van der Waals surface area contributed by atoms with E-state index in [9.17, 15) is 0 Å². The number of para-hydroxylation sites is 2. The minimum atomic E-state index is -0.599. The number of allylic oxidation sites excluding steroid dienone is 10. The Morgan fingerprint density at radius 1 is 0.654 bits per heavy atom. The van der Waals surface area contributed by atoms with E-state index in [0.29, 0.717) is 0 Å². The van der Waals surface area contributed by atoms with Crippen LogP contribution in [0.2, 0.25) is 0 Å². The number of hydrogen-bond acceptors (Lipinski definition) is 4. The number of nitrogens with one attached hydrogen (secondary N) is 2. The van der Waals surface area contributed by atoms with Gasteiger partial charge in [0.05, 0.1) is 5.41 Å². The number of hydrogen-bond donors (Lipinski definition) is 2. The van der Waals surface area contributed by atoms with Crippen LogP contribution in [0, 0.1) is 0 Å². The van der Waals surface area contributed by atoms with Crippen molar-refractivity contribution in [1.82, 2.24) is 5.32 Å². The summed E-state index contributed by atoms with van der Waals surface area (Å²) in [5.74, 6) is 3.80. The summed E-state index contributed by atoms with van der Waals surface area (Å²) in [6, 6.07) is 43.4. The second-order valence-corrected chi connectivity index (χ2v) is 14.0. The molecule has 5 aromatic rings. The monoisotopic (exact) mass is 674 g/mol. The zero-order valence-electron chi connectivity index (χ0n) is 28.8. The van der Waals surface area contributed by atoms with E-state index in [4.69, 9.17) is 9.47 Å². The first-order valence-corrected chi connectivity index (χ1v) is 18.3. The Morgan fingerprint density at radius 3 is 2.27 bits per heavy atom. The molecule has 2 atom stereocenters. The smallest absolute Gasteiger partial charge is 0.132 e. The van der Waals surface area contributed by atoms with Gasteiger partial charge in [-0.2, -0.15) is 0 Å². The minimum absolute atomic E-state index is 0.0987. The van der Waals surface area contributed by atoms with Crippen LogP contribution in [-0.2, 0) is 5.41 Å². The Morgan fingerprint density at radius 2 is 1.42 bits per heavy atom. The molecule has 0 radical (unpaired) electrons. The number of rotatable bonds is 5. The number of benzene rings is 5. The van der Waals surface area contributed by atoms with Gasteiger partial charge in [0.15, 0.2) is 0 Å². The summed E-state index contributed by atoms with van der Waals surface area (Å²) >= 11 is 0. The zero-order valence-corrected chi connectivity index (χ0v) is 28.8. The molecule has 2 N–H and O–H groups in total. The van der Waals surface area contributed by atoms with Gasteiger partial charge in [-0.3, -0.25) is 0 Å². The molecule has 0 fully saturated rings. The molecule has 0 bridgehead atoms. The van der Waals surface area contributed by atoms with Crippen LogP contribution in [0.3, 0.4) is 0 Å².